The van der Waals surface area contributed by atoms with Crippen molar-refractivity contribution in [2.45, 2.75) is 20.8 Å². The zero-order valence-electron chi connectivity index (χ0n) is 11.3. The minimum atomic E-state index is -0.0466. The number of Topliss-reactive ketones (excluding diaryl/α,β-unsaturated/α-hetero) is 1. The number of likely N-dealkylation sites (N-methyl/N-ethyl adjacent to an activating group) is 1. The SMILES string of the molecule is CCN(CC(=O)c1ccccc1C)CC(C)C#N. The van der Waals surface area contributed by atoms with Crippen molar-refractivity contribution in [2.75, 3.05) is 19.6 Å². The van der Waals surface area contributed by atoms with Crippen LogP contribution in [-0.2, 0) is 0 Å². The normalized spacial score (nSPS) is 12.2. The number of nitriles is 1. The van der Waals surface area contributed by atoms with E-state index in [2.05, 4.69) is 6.07 Å². The van der Waals surface area contributed by atoms with Crippen LogP contribution in [0.5, 0.6) is 0 Å². The summed E-state index contributed by atoms with van der Waals surface area (Å²) in [5.41, 5.74) is 1.78. The van der Waals surface area contributed by atoms with Gasteiger partial charge in [0, 0.05) is 12.1 Å². The van der Waals surface area contributed by atoms with Gasteiger partial charge < -0.3 is 0 Å². The molecule has 0 spiro atoms. The van der Waals surface area contributed by atoms with Crippen LogP contribution in [0, 0.1) is 24.2 Å². The molecule has 0 amide bonds. The summed E-state index contributed by atoms with van der Waals surface area (Å²) in [6.07, 6.45) is 0. The predicted molar refractivity (Wildman–Crippen MR) is 72.4 cm³/mol. The Morgan fingerprint density at radius 2 is 2.11 bits per heavy atom. The van der Waals surface area contributed by atoms with Crippen LogP contribution in [0.3, 0.4) is 0 Å². The van der Waals surface area contributed by atoms with Crippen molar-refractivity contribution in [1.29, 1.82) is 5.26 Å². The quantitative estimate of drug-likeness (QED) is 0.723. The van der Waals surface area contributed by atoms with Gasteiger partial charge in [0.05, 0.1) is 18.5 Å². The van der Waals surface area contributed by atoms with E-state index >= 15 is 0 Å². The van der Waals surface area contributed by atoms with E-state index in [1.807, 2.05) is 49.9 Å². The van der Waals surface area contributed by atoms with Crippen molar-refractivity contribution in [1.82, 2.24) is 4.90 Å². The van der Waals surface area contributed by atoms with Gasteiger partial charge in [-0.25, -0.2) is 0 Å². The van der Waals surface area contributed by atoms with Gasteiger partial charge >= 0.3 is 0 Å². The predicted octanol–water partition coefficient (Wildman–Crippen LogP) is 2.66. The Morgan fingerprint density at radius 3 is 2.67 bits per heavy atom. The molecule has 1 aromatic carbocycles. The molecule has 0 aliphatic rings. The number of aryl methyl sites for hydroxylation is 1. The summed E-state index contributed by atoms with van der Waals surface area (Å²) < 4.78 is 0. The van der Waals surface area contributed by atoms with E-state index in [1.165, 1.54) is 0 Å². The Labute approximate surface area is 109 Å². The number of carbonyl (C=O) groups excluding carboxylic acids is 1. The van der Waals surface area contributed by atoms with Crippen molar-refractivity contribution in [2.24, 2.45) is 5.92 Å². The molecule has 1 unspecified atom stereocenters. The van der Waals surface area contributed by atoms with E-state index in [9.17, 15) is 4.79 Å². The highest BCUT2D eigenvalue weighted by molar-refractivity contribution is 5.98. The Morgan fingerprint density at radius 1 is 1.44 bits per heavy atom. The largest absolute Gasteiger partial charge is 0.295 e. The zero-order chi connectivity index (χ0) is 13.5. The first-order valence-electron chi connectivity index (χ1n) is 6.29. The third-order valence-corrected chi connectivity index (χ3v) is 3.01. The monoisotopic (exact) mass is 244 g/mol. The lowest BCUT2D eigenvalue weighted by Crippen LogP contribution is -2.33. The third-order valence-electron chi connectivity index (χ3n) is 3.01. The molecule has 0 N–H and O–H groups in total. The van der Waals surface area contributed by atoms with E-state index in [0.29, 0.717) is 13.1 Å². The lowest BCUT2D eigenvalue weighted by Gasteiger charge is -2.20. The van der Waals surface area contributed by atoms with E-state index in [0.717, 1.165) is 17.7 Å². The smallest absolute Gasteiger partial charge is 0.177 e. The zero-order valence-corrected chi connectivity index (χ0v) is 11.3. The summed E-state index contributed by atoms with van der Waals surface area (Å²) in [5, 5.41) is 8.81. The van der Waals surface area contributed by atoms with Crippen LogP contribution in [0.15, 0.2) is 24.3 Å². The van der Waals surface area contributed by atoms with Crippen LogP contribution in [-0.4, -0.2) is 30.3 Å². The van der Waals surface area contributed by atoms with Crippen molar-refractivity contribution in [3.63, 3.8) is 0 Å². The first-order chi connectivity index (χ1) is 8.58. The number of nitrogens with zero attached hydrogens (tertiary/aromatic N) is 2. The summed E-state index contributed by atoms with van der Waals surface area (Å²) in [5.74, 6) is 0.0784. The van der Waals surface area contributed by atoms with Crippen molar-refractivity contribution >= 4 is 5.78 Å². The fourth-order valence-corrected chi connectivity index (χ4v) is 1.91. The molecular formula is C15H20N2O. The minimum absolute atomic E-state index is 0.0466. The molecule has 0 heterocycles. The highest BCUT2D eigenvalue weighted by Crippen LogP contribution is 2.09. The number of benzene rings is 1. The molecule has 18 heavy (non-hydrogen) atoms. The molecule has 0 saturated heterocycles. The minimum Gasteiger partial charge on any atom is -0.295 e. The molecule has 3 nitrogen and oxygen atoms in total. The molecule has 0 fully saturated rings. The lowest BCUT2D eigenvalue weighted by molar-refractivity contribution is 0.0928. The number of ketones is 1. The fraction of sp³-hybridized carbons (Fsp3) is 0.467. The molecule has 0 radical (unpaired) electrons. The number of hydrogen-bond acceptors (Lipinski definition) is 3. The summed E-state index contributed by atoms with van der Waals surface area (Å²) in [6, 6.07) is 9.82. The van der Waals surface area contributed by atoms with Crippen LogP contribution in [0.4, 0.5) is 0 Å². The van der Waals surface area contributed by atoms with Crippen molar-refractivity contribution in [3.05, 3.63) is 35.4 Å². The molecule has 0 aliphatic heterocycles. The summed E-state index contributed by atoms with van der Waals surface area (Å²) in [6.45, 7) is 7.64. The van der Waals surface area contributed by atoms with Gasteiger partial charge in [0.15, 0.2) is 5.78 Å². The molecule has 0 saturated carbocycles. The van der Waals surface area contributed by atoms with Crippen LogP contribution < -0.4 is 0 Å². The molecule has 0 aromatic heterocycles. The van der Waals surface area contributed by atoms with Crippen LogP contribution in [0.25, 0.3) is 0 Å². The van der Waals surface area contributed by atoms with Crippen LogP contribution in [0.1, 0.15) is 29.8 Å². The maximum Gasteiger partial charge on any atom is 0.177 e. The van der Waals surface area contributed by atoms with Gasteiger partial charge in [-0.1, -0.05) is 31.2 Å². The summed E-state index contributed by atoms with van der Waals surface area (Å²) in [4.78, 5) is 14.2. The average Bonchev–Trinajstić information content (AvgIpc) is 2.38. The Balaban J connectivity index is 2.69. The standard InChI is InChI=1S/C15H20N2O/c1-4-17(10-12(2)9-16)11-15(18)14-8-6-5-7-13(14)3/h5-8,12H,4,10-11H2,1-3H3. The maximum absolute atomic E-state index is 12.2. The maximum atomic E-state index is 12.2. The summed E-state index contributed by atoms with van der Waals surface area (Å²) in [7, 11) is 0. The fourth-order valence-electron chi connectivity index (χ4n) is 1.91. The van der Waals surface area contributed by atoms with Crippen LogP contribution in [0.2, 0.25) is 0 Å². The molecule has 3 heteroatoms. The van der Waals surface area contributed by atoms with Crippen molar-refractivity contribution in [3.8, 4) is 6.07 Å². The molecule has 1 aromatic rings. The van der Waals surface area contributed by atoms with Gasteiger partial charge in [0.25, 0.3) is 0 Å². The first-order valence-corrected chi connectivity index (χ1v) is 6.29. The summed E-state index contributed by atoms with van der Waals surface area (Å²) >= 11 is 0. The van der Waals surface area contributed by atoms with Gasteiger partial charge in [0.1, 0.15) is 0 Å². The van der Waals surface area contributed by atoms with Crippen molar-refractivity contribution < 1.29 is 4.79 Å². The second-order valence-corrected chi connectivity index (χ2v) is 4.60. The van der Waals surface area contributed by atoms with Gasteiger partial charge in [-0.15, -0.1) is 0 Å². The lowest BCUT2D eigenvalue weighted by atomic mass is 10.0. The van der Waals surface area contributed by atoms with Gasteiger partial charge in [0.2, 0.25) is 0 Å². The Kier molecular flexibility index (Phi) is 5.54. The molecule has 1 atom stereocenters. The number of rotatable bonds is 6. The number of hydrogen-bond donors (Lipinski definition) is 0. The van der Waals surface area contributed by atoms with Gasteiger partial charge in [-0.3, -0.25) is 9.69 Å². The van der Waals surface area contributed by atoms with Crippen LogP contribution >= 0.6 is 0 Å². The second-order valence-electron chi connectivity index (χ2n) is 4.60. The van der Waals surface area contributed by atoms with E-state index in [4.69, 9.17) is 5.26 Å². The third kappa shape index (κ3) is 3.97. The second kappa shape index (κ2) is 6.93. The van der Waals surface area contributed by atoms with Gasteiger partial charge in [-0.05, 0) is 26.0 Å². The first kappa shape index (κ1) is 14.4. The van der Waals surface area contributed by atoms with Gasteiger partial charge in [-0.2, -0.15) is 5.26 Å². The Hall–Kier alpha value is -1.66. The molecule has 1 rings (SSSR count). The molecule has 0 aliphatic carbocycles. The Bertz CT molecular complexity index is 448. The number of carbonyl (C=O) groups is 1. The molecular weight excluding hydrogens is 224 g/mol. The van der Waals surface area contributed by atoms with E-state index < -0.39 is 0 Å². The molecule has 96 valence electrons. The van der Waals surface area contributed by atoms with E-state index in [1.54, 1.807) is 0 Å². The van der Waals surface area contributed by atoms with E-state index in [-0.39, 0.29) is 11.7 Å². The topological polar surface area (TPSA) is 44.1 Å². The highest BCUT2D eigenvalue weighted by Gasteiger charge is 2.14. The molecule has 0 bridgehead atoms. The highest BCUT2D eigenvalue weighted by atomic mass is 16.1. The average molecular weight is 244 g/mol.